The fourth-order valence-corrected chi connectivity index (χ4v) is 1.95. The highest BCUT2D eigenvalue weighted by molar-refractivity contribution is 5.76. The van der Waals surface area contributed by atoms with Crippen LogP contribution in [-0.4, -0.2) is 18.5 Å². The third kappa shape index (κ3) is 6.39. The average Bonchev–Trinajstić information content (AvgIpc) is 2.26. The average molecular weight is 256 g/mol. The summed E-state index contributed by atoms with van der Waals surface area (Å²) < 4.78 is 0. The molecule has 3 nitrogen and oxygen atoms in total. The molecule has 0 saturated carbocycles. The first-order valence-corrected chi connectivity index (χ1v) is 7.24. The molecule has 0 aromatic rings. The molecular weight excluding hydrogens is 224 g/mol. The van der Waals surface area contributed by atoms with Crippen LogP contribution in [0.1, 0.15) is 60.8 Å². The maximum atomic E-state index is 11.8. The SMILES string of the molecule is CCC(CC)C(N)CNC(=O)CC(C)C(C)(C)C. The number of carbonyl (C=O) groups is 1. The van der Waals surface area contributed by atoms with Crippen molar-refractivity contribution < 1.29 is 4.79 Å². The molecule has 0 saturated heterocycles. The molecule has 1 amide bonds. The van der Waals surface area contributed by atoms with E-state index in [4.69, 9.17) is 5.73 Å². The fourth-order valence-electron chi connectivity index (χ4n) is 1.95. The van der Waals surface area contributed by atoms with Gasteiger partial charge in [-0.25, -0.2) is 0 Å². The molecule has 0 aromatic carbocycles. The standard InChI is InChI=1S/C15H32N2O/c1-7-12(8-2)13(16)10-17-14(18)9-11(3)15(4,5)6/h11-13H,7-10,16H2,1-6H3,(H,17,18). The second-order valence-electron chi connectivity index (χ2n) is 6.52. The highest BCUT2D eigenvalue weighted by Gasteiger charge is 2.23. The molecule has 0 spiro atoms. The van der Waals surface area contributed by atoms with Crippen molar-refractivity contribution in [2.45, 2.75) is 66.8 Å². The molecule has 0 aliphatic heterocycles. The number of nitrogens with one attached hydrogen (secondary N) is 1. The first kappa shape index (κ1) is 17.4. The van der Waals surface area contributed by atoms with Gasteiger partial charge in [-0.05, 0) is 17.3 Å². The van der Waals surface area contributed by atoms with E-state index in [1.54, 1.807) is 0 Å². The van der Waals surface area contributed by atoms with Crippen LogP contribution in [0.4, 0.5) is 0 Å². The van der Waals surface area contributed by atoms with Crippen molar-refractivity contribution in [1.29, 1.82) is 0 Å². The van der Waals surface area contributed by atoms with Gasteiger partial charge in [-0.1, -0.05) is 54.4 Å². The van der Waals surface area contributed by atoms with Crippen LogP contribution in [0.3, 0.4) is 0 Å². The molecule has 0 radical (unpaired) electrons. The first-order valence-electron chi connectivity index (χ1n) is 7.24. The van der Waals surface area contributed by atoms with Gasteiger partial charge in [0.05, 0.1) is 0 Å². The quantitative estimate of drug-likeness (QED) is 0.736. The lowest BCUT2D eigenvalue weighted by Crippen LogP contribution is -2.42. The van der Waals surface area contributed by atoms with E-state index in [0.29, 0.717) is 24.8 Å². The first-order chi connectivity index (χ1) is 8.22. The minimum atomic E-state index is 0.0777. The summed E-state index contributed by atoms with van der Waals surface area (Å²) in [6.07, 6.45) is 2.73. The zero-order chi connectivity index (χ0) is 14.3. The van der Waals surface area contributed by atoms with E-state index in [2.05, 4.69) is 46.9 Å². The van der Waals surface area contributed by atoms with Crippen LogP contribution in [0.2, 0.25) is 0 Å². The van der Waals surface area contributed by atoms with Gasteiger partial charge in [0.1, 0.15) is 0 Å². The summed E-state index contributed by atoms with van der Waals surface area (Å²) in [6.45, 7) is 13.5. The van der Waals surface area contributed by atoms with Crippen molar-refractivity contribution in [2.24, 2.45) is 23.0 Å². The van der Waals surface area contributed by atoms with Crippen molar-refractivity contribution in [2.75, 3.05) is 6.54 Å². The maximum Gasteiger partial charge on any atom is 0.220 e. The molecule has 0 heterocycles. The Bertz CT molecular complexity index is 241. The van der Waals surface area contributed by atoms with E-state index < -0.39 is 0 Å². The van der Waals surface area contributed by atoms with Gasteiger partial charge in [0.2, 0.25) is 5.91 Å². The van der Waals surface area contributed by atoms with Gasteiger partial charge in [0.25, 0.3) is 0 Å². The lowest BCUT2D eigenvalue weighted by molar-refractivity contribution is -0.122. The Morgan fingerprint density at radius 2 is 1.72 bits per heavy atom. The Morgan fingerprint density at radius 3 is 2.11 bits per heavy atom. The van der Waals surface area contributed by atoms with Crippen molar-refractivity contribution in [3.05, 3.63) is 0 Å². The largest absolute Gasteiger partial charge is 0.355 e. The Hall–Kier alpha value is -0.570. The minimum absolute atomic E-state index is 0.0777. The lowest BCUT2D eigenvalue weighted by Gasteiger charge is -2.27. The highest BCUT2D eigenvalue weighted by Crippen LogP contribution is 2.27. The molecular formula is C15H32N2O. The van der Waals surface area contributed by atoms with Crippen molar-refractivity contribution in [3.8, 4) is 0 Å². The Balaban J connectivity index is 4.04. The molecule has 0 aliphatic carbocycles. The molecule has 108 valence electrons. The van der Waals surface area contributed by atoms with Crippen molar-refractivity contribution in [1.82, 2.24) is 5.32 Å². The highest BCUT2D eigenvalue weighted by atomic mass is 16.1. The summed E-state index contributed by atoms with van der Waals surface area (Å²) >= 11 is 0. The second kappa shape index (κ2) is 7.78. The van der Waals surface area contributed by atoms with E-state index in [0.717, 1.165) is 12.8 Å². The summed E-state index contributed by atoms with van der Waals surface area (Å²) in [4.78, 5) is 11.8. The Morgan fingerprint density at radius 1 is 1.22 bits per heavy atom. The monoisotopic (exact) mass is 256 g/mol. The van der Waals surface area contributed by atoms with E-state index in [-0.39, 0.29) is 17.4 Å². The van der Waals surface area contributed by atoms with Crippen LogP contribution in [0.15, 0.2) is 0 Å². The third-order valence-electron chi connectivity index (χ3n) is 4.16. The smallest absolute Gasteiger partial charge is 0.220 e. The Kier molecular flexibility index (Phi) is 7.53. The number of amides is 1. The zero-order valence-electron chi connectivity index (χ0n) is 13.0. The summed E-state index contributed by atoms with van der Waals surface area (Å²) in [7, 11) is 0. The maximum absolute atomic E-state index is 11.8. The Labute approximate surface area is 113 Å². The zero-order valence-corrected chi connectivity index (χ0v) is 13.0. The van der Waals surface area contributed by atoms with Crippen LogP contribution < -0.4 is 11.1 Å². The molecule has 0 fully saturated rings. The van der Waals surface area contributed by atoms with Crippen LogP contribution in [-0.2, 0) is 4.79 Å². The number of hydrogen-bond donors (Lipinski definition) is 2. The van der Waals surface area contributed by atoms with Gasteiger partial charge in [-0.3, -0.25) is 4.79 Å². The molecule has 18 heavy (non-hydrogen) atoms. The van der Waals surface area contributed by atoms with Crippen LogP contribution >= 0.6 is 0 Å². The number of carbonyl (C=O) groups excluding carboxylic acids is 1. The molecule has 0 aliphatic rings. The normalized spacial score (nSPS) is 15.6. The van der Waals surface area contributed by atoms with Gasteiger partial charge in [-0.2, -0.15) is 0 Å². The molecule has 3 N–H and O–H groups in total. The van der Waals surface area contributed by atoms with Crippen LogP contribution in [0.5, 0.6) is 0 Å². The number of hydrogen-bond acceptors (Lipinski definition) is 2. The molecule has 0 rings (SSSR count). The van der Waals surface area contributed by atoms with Gasteiger partial charge >= 0.3 is 0 Å². The minimum Gasteiger partial charge on any atom is -0.355 e. The second-order valence-corrected chi connectivity index (χ2v) is 6.52. The predicted molar refractivity (Wildman–Crippen MR) is 78.3 cm³/mol. The lowest BCUT2D eigenvalue weighted by atomic mass is 9.80. The summed E-state index contributed by atoms with van der Waals surface area (Å²) in [5, 5.41) is 2.97. The summed E-state index contributed by atoms with van der Waals surface area (Å²) in [5.74, 6) is 1.01. The van der Waals surface area contributed by atoms with Gasteiger partial charge in [0, 0.05) is 19.0 Å². The summed E-state index contributed by atoms with van der Waals surface area (Å²) in [5.41, 5.74) is 6.26. The molecule has 3 heteroatoms. The predicted octanol–water partition coefficient (Wildman–Crippen LogP) is 2.94. The van der Waals surface area contributed by atoms with E-state index in [1.165, 1.54) is 0 Å². The number of nitrogens with two attached hydrogens (primary N) is 1. The third-order valence-corrected chi connectivity index (χ3v) is 4.16. The molecule has 2 unspecified atom stereocenters. The molecule has 2 atom stereocenters. The molecule has 0 aromatic heterocycles. The van der Waals surface area contributed by atoms with E-state index in [1.807, 2.05) is 0 Å². The fraction of sp³-hybridized carbons (Fsp3) is 0.933. The van der Waals surface area contributed by atoms with Gasteiger partial charge in [0.15, 0.2) is 0 Å². The van der Waals surface area contributed by atoms with Gasteiger partial charge < -0.3 is 11.1 Å². The topological polar surface area (TPSA) is 55.1 Å². The van der Waals surface area contributed by atoms with Crippen molar-refractivity contribution in [3.63, 3.8) is 0 Å². The molecule has 0 bridgehead atoms. The number of rotatable bonds is 7. The van der Waals surface area contributed by atoms with E-state index in [9.17, 15) is 4.79 Å². The van der Waals surface area contributed by atoms with E-state index >= 15 is 0 Å². The van der Waals surface area contributed by atoms with Crippen LogP contribution in [0.25, 0.3) is 0 Å². The van der Waals surface area contributed by atoms with Crippen molar-refractivity contribution >= 4 is 5.91 Å². The summed E-state index contributed by atoms with van der Waals surface area (Å²) in [6, 6.07) is 0.0777. The van der Waals surface area contributed by atoms with Gasteiger partial charge in [-0.15, -0.1) is 0 Å². The van der Waals surface area contributed by atoms with Crippen LogP contribution in [0, 0.1) is 17.3 Å².